The molecule has 0 saturated carbocycles. The number of carbonyl (C=O) groups is 2. The molecule has 0 aliphatic carbocycles. The van der Waals surface area contributed by atoms with E-state index in [-0.39, 0.29) is 11.4 Å². The van der Waals surface area contributed by atoms with Gasteiger partial charge in [-0.2, -0.15) is 0 Å². The van der Waals surface area contributed by atoms with Gasteiger partial charge < -0.3 is 14.9 Å². The van der Waals surface area contributed by atoms with Gasteiger partial charge in [-0.3, -0.25) is 0 Å². The zero-order valence-corrected chi connectivity index (χ0v) is 12.6. The monoisotopic (exact) mass is 286 g/mol. The van der Waals surface area contributed by atoms with Gasteiger partial charge in [0.05, 0.1) is 5.88 Å². The fourth-order valence-electron chi connectivity index (χ4n) is 2.66. The third kappa shape index (κ3) is 2.99. The lowest BCUT2D eigenvalue weighted by atomic mass is 9.80. The molecule has 6 heteroatoms. The molecule has 1 N–H and O–H groups in total. The summed E-state index contributed by atoms with van der Waals surface area (Å²) in [5, 5.41) is 9.13. The fourth-order valence-corrected chi connectivity index (χ4v) is 3.80. The first-order chi connectivity index (χ1) is 8.80. The standard InChI is InChI=1S/C13H22N2O3S/c1-13(2,3)9-4-5-14(6-9)12(18)15-8-19-7-10(15)11(16)17/h9-10H,4-8H2,1-3H3,(H,16,17). The van der Waals surface area contributed by atoms with E-state index in [2.05, 4.69) is 20.8 Å². The van der Waals surface area contributed by atoms with Gasteiger partial charge in [-0.1, -0.05) is 20.8 Å². The summed E-state index contributed by atoms with van der Waals surface area (Å²) < 4.78 is 0. The lowest BCUT2D eigenvalue weighted by Gasteiger charge is -2.29. The molecule has 0 aromatic rings. The maximum atomic E-state index is 12.4. The summed E-state index contributed by atoms with van der Waals surface area (Å²) in [5.41, 5.74) is 0.195. The molecule has 2 aliphatic heterocycles. The molecule has 2 rings (SSSR count). The molecule has 108 valence electrons. The fraction of sp³-hybridized carbons (Fsp3) is 0.846. The Labute approximate surface area is 118 Å². The number of aliphatic carboxylic acids is 1. The Morgan fingerprint density at radius 3 is 2.53 bits per heavy atom. The Bertz CT molecular complexity index is 381. The second kappa shape index (κ2) is 5.23. The molecule has 0 bridgehead atoms. The van der Waals surface area contributed by atoms with E-state index in [1.807, 2.05) is 4.90 Å². The van der Waals surface area contributed by atoms with Crippen molar-refractivity contribution < 1.29 is 14.7 Å². The van der Waals surface area contributed by atoms with E-state index in [0.29, 0.717) is 17.5 Å². The second-order valence-electron chi connectivity index (χ2n) is 6.40. The number of rotatable bonds is 1. The molecule has 2 unspecified atom stereocenters. The molecule has 2 aliphatic rings. The lowest BCUT2D eigenvalue weighted by Crippen LogP contribution is -2.48. The van der Waals surface area contributed by atoms with Crippen molar-refractivity contribution in [1.82, 2.24) is 9.80 Å². The molecule has 2 atom stereocenters. The summed E-state index contributed by atoms with van der Waals surface area (Å²) in [6, 6.07) is -0.768. The van der Waals surface area contributed by atoms with Crippen molar-refractivity contribution >= 4 is 23.8 Å². The first kappa shape index (κ1) is 14.5. The van der Waals surface area contributed by atoms with Gasteiger partial charge in [0, 0.05) is 18.8 Å². The van der Waals surface area contributed by atoms with Crippen LogP contribution in [0.1, 0.15) is 27.2 Å². The van der Waals surface area contributed by atoms with Crippen LogP contribution in [0.15, 0.2) is 0 Å². The smallest absolute Gasteiger partial charge is 0.327 e. The quantitative estimate of drug-likeness (QED) is 0.800. The van der Waals surface area contributed by atoms with Gasteiger partial charge in [0.25, 0.3) is 0 Å². The first-order valence-corrected chi connectivity index (χ1v) is 7.82. The van der Waals surface area contributed by atoms with Gasteiger partial charge in [0.15, 0.2) is 0 Å². The molecule has 5 nitrogen and oxygen atoms in total. The van der Waals surface area contributed by atoms with E-state index >= 15 is 0 Å². The van der Waals surface area contributed by atoms with Crippen LogP contribution in [0.2, 0.25) is 0 Å². The van der Waals surface area contributed by atoms with Crippen molar-refractivity contribution in [1.29, 1.82) is 0 Å². The summed E-state index contributed by atoms with van der Waals surface area (Å²) in [6.45, 7) is 8.07. The third-order valence-electron chi connectivity index (χ3n) is 4.10. The van der Waals surface area contributed by atoms with E-state index < -0.39 is 12.0 Å². The largest absolute Gasteiger partial charge is 0.480 e. The van der Waals surface area contributed by atoms with Crippen LogP contribution in [0.5, 0.6) is 0 Å². The summed E-state index contributed by atoms with van der Waals surface area (Å²) in [4.78, 5) is 26.9. The molecule has 2 saturated heterocycles. The molecule has 0 spiro atoms. The number of carboxylic acid groups (broad SMARTS) is 1. The summed E-state index contributed by atoms with van der Waals surface area (Å²) in [6.07, 6.45) is 1.01. The molecular weight excluding hydrogens is 264 g/mol. The van der Waals surface area contributed by atoms with Crippen LogP contribution in [0.25, 0.3) is 0 Å². The topological polar surface area (TPSA) is 60.9 Å². The second-order valence-corrected chi connectivity index (χ2v) is 7.40. The van der Waals surface area contributed by atoms with Crippen molar-refractivity contribution in [2.45, 2.75) is 33.2 Å². The van der Waals surface area contributed by atoms with E-state index in [4.69, 9.17) is 5.11 Å². The highest BCUT2D eigenvalue weighted by atomic mass is 32.2. The van der Waals surface area contributed by atoms with E-state index in [1.54, 1.807) is 0 Å². The molecule has 2 heterocycles. The summed E-state index contributed by atoms with van der Waals surface area (Å²) in [5.74, 6) is 0.587. The van der Waals surface area contributed by atoms with Crippen LogP contribution in [0.3, 0.4) is 0 Å². The maximum absolute atomic E-state index is 12.4. The average Bonchev–Trinajstić information content (AvgIpc) is 2.96. The number of thioether (sulfide) groups is 1. The molecular formula is C13H22N2O3S. The van der Waals surface area contributed by atoms with Crippen molar-refractivity contribution in [2.24, 2.45) is 11.3 Å². The van der Waals surface area contributed by atoms with Gasteiger partial charge in [0.2, 0.25) is 0 Å². The molecule has 2 fully saturated rings. The highest BCUT2D eigenvalue weighted by Gasteiger charge is 2.40. The Kier molecular flexibility index (Phi) is 3.99. The lowest BCUT2D eigenvalue weighted by molar-refractivity contribution is -0.140. The minimum atomic E-state index is -0.898. The summed E-state index contributed by atoms with van der Waals surface area (Å²) in [7, 11) is 0. The maximum Gasteiger partial charge on any atom is 0.327 e. The van der Waals surface area contributed by atoms with Crippen molar-refractivity contribution in [2.75, 3.05) is 24.7 Å². The number of amides is 2. The highest BCUT2D eigenvalue weighted by molar-refractivity contribution is 7.99. The number of hydrogen-bond donors (Lipinski definition) is 1. The third-order valence-corrected chi connectivity index (χ3v) is 5.11. The zero-order chi connectivity index (χ0) is 14.2. The average molecular weight is 286 g/mol. The Morgan fingerprint density at radius 1 is 1.32 bits per heavy atom. The van der Waals surface area contributed by atoms with Gasteiger partial charge in [-0.05, 0) is 17.8 Å². The number of carbonyl (C=O) groups excluding carboxylic acids is 1. The van der Waals surface area contributed by atoms with Crippen LogP contribution in [0.4, 0.5) is 4.79 Å². The van der Waals surface area contributed by atoms with Crippen LogP contribution < -0.4 is 0 Å². The Balaban J connectivity index is 2.00. The predicted octanol–water partition coefficient (Wildman–Crippen LogP) is 1.93. The van der Waals surface area contributed by atoms with Gasteiger partial charge in [-0.25, -0.2) is 9.59 Å². The number of urea groups is 1. The number of nitrogens with zero attached hydrogens (tertiary/aromatic N) is 2. The zero-order valence-electron chi connectivity index (χ0n) is 11.8. The number of hydrogen-bond acceptors (Lipinski definition) is 3. The van der Waals surface area contributed by atoms with Crippen molar-refractivity contribution in [3.05, 3.63) is 0 Å². The molecule has 2 amide bonds. The minimum absolute atomic E-state index is 0.107. The van der Waals surface area contributed by atoms with Crippen molar-refractivity contribution in [3.8, 4) is 0 Å². The highest BCUT2D eigenvalue weighted by Crippen LogP contribution is 2.34. The van der Waals surface area contributed by atoms with Crippen LogP contribution in [-0.2, 0) is 4.79 Å². The predicted molar refractivity (Wildman–Crippen MR) is 75.1 cm³/mol. The van der Waals surface area contributed by atoms with Crippen LogP contribution >= 0.6 is 11.8 Å². The Hall–Kier alpha value is -0.910. The summed E-state index contributed by atoms with van der Waals surface area (Å²) >= 11 is 1.51. The van der Waals surface area contributed by atoms with E-state index in [0.717, 1.165) is 19.5 Å². The molecule has 0 aromatic carbocycles. The van der Waals surface area contributed by atoms with E-state index in [9.17, 15) is 9.59 Å². The van der Waals surface area contributed by atoms with Gasteiger partial charge in [-0.15, -0.1) is 11.8 Å². The van der Waals surface area contributed by atoms with Crippen molar-refractivity contribution in [3.63, 3.8) is 0 Å². The molecule has 0 radical (unpaired) electrons. The molecule has 0 aromatic heterocycles. The van der Waals surface area contributed by atoms with E-state index in [1.165, 1.54) is 16.7 Å². The number of likely N-dealkylation sites (tertiary alicyclic amines) is 1. The van der Waals surface area contributed by atoms with Crippen LogP contribution in [0, 0.1) is 11.3 Å². The van der Waals surface area contributed by atoms with Gasteiger partial charge >= 0.3 is 12.0 Å². The first-order valence-electron chi connectivity index (χ1n) is 6.67. The minimum Gasteiger partial charge on any atom is -0.480 e. The normalized spacial score (nSPS) is 27.9. The molecule has 19 heavy (non-hydrogen) atoms. The van der Waals surface area contributed by atoms with Gasteiger partial charge in [0.1, 0.15) is 6.04 Å². The number of carboxylic acids is 1. The van der Waals surface area contributed by atoms with Crippen LogP contribution in [-0.4, -0.2) is 57.7 Å². The Morgan fingerprint density at radius 2 is 2.00 bits per heavy atom. The SMILES string of the molecule is CC(C)(C)C1CCN(C(=O)N2CSCC2C(=O)O)C1.